The summed E-state index contributed by atoms with van der Waals surface area (Å²) in [6.07, 6.45) is 3.80. The molecule has 22 heavy (non-hydrogen) atoms. The second kappa shape index (κ2) is 6.13. The monoisotopic (exact) mass is 318 g/mol. The number of benzene rings is 1. The zero-order chi connectivity index (χ0) is 15.7. The van der Waals surface area contributed by atoms with Gasteiger partial charge in [-0.15, -0.1) is 0 Å². The third kappa shape index (κ3) is 2.63. The van der Waals surface area contributed by atoms with Gasteiger partial charge in [0.15, 0.2) is 0 Å². The zero-order valence-corrected chi connectivity index (χ0v) is 13.3. The van der Waals surface area contributed by atoms with Crippen LogP contribution in [0.25, 0.3) is 5.69 Å². The zero-order valence-electron chi connectivity index (χ0n) is 12.6. The summed E-state index contributed by atoms with van der Waals surface area (Å²) < 4.78 is 1.92. The lowest BCUT2D eigenvalue weighted by Crippen LogP contribution is -2.15. The van der Waals surface area contributed by atoms with E-state index in [0.717, 1.165) is 48.3 Å². The van der Waals surface area contributed by atoms with Gasteiger partial charge in [-0.25, -0.2) is 4.68 Å². The molecule has 1 aliphatic carbocycles. The van der Waals surface area contributed by atoms with Gasteiger partial charge in [-0.1, -0.05) is 30.7 Å². The lowest BCUT2D eigenvalue weighted by atomic mass is 9.82. The number of halogens is 1. The largest absolute Gasteiger partial charge is 0.481 e. The van der Waals surface area contributed by atoms with Gasteiger partial charge in [0, 0.05) is 11.3 Å². The van der Waals surface area contributed by atoms with Gasteiger partial charge in [0.2, 0.25) is 0 Å². The van der Waals surface area contributed by atoms with Crippen LogP contribution < -0.4 is 0 Å². The Bertz CT molecular complexity index is 709. The summed E-state index contributed by atoms with van der Waals surface area (Å²) in [5, 5.41) is 14.6. The van der Waals surface area contributed by atoms with E-state index in [1.807, 2.05) is 28.9 Å². The van der Waals surface area contributed by atoms with Gasteiger partial charge in [0.05, 0.1) is 22.8 Å². The van der Waals surface area contributed by atoms with Crippen molar-refractivity contribution < 1.29 is 9.90 Å². The average Bonchev–Trinajstić information content (AvgIpc) is 2.87. The molecule has 2 aromatic rings. The molecule has 0 radical (unpaired) electrons. The molecule has 0 saturated carbocycles. The lowest BCUT2D eigenvalue weighted by molar-refractivity contribution is -0.137. The Balaban J connectivity index is 2.13. The van der Waals surface area contributed by atoms with E-state index in [2.05, 4.69) is 6.92 Å². The Morgan fingerprint density at radius 1 is 1.45 bits per heavy atom. The third-order valence-electron chi connectivity index (χ3n) is 4.31. The summed E-state index contributed by atoms with van der Waals surface area (Å²) in [5.74, 6) is -0.683. The highest BCUT2D eigenvalue weighted by Crippen LogP contribution is 2.38. The third-order valence-corrected chi connectivity index (χ3v) is 4.63. The fourth-order valence-electron chi connectivity index (χ4n) is 3.39. The molecule has 0 aliphatic heterocycles. The number of carboxylic acid groups (broad SMARTS) is 1. The van der Waals surface area contributed by atoms with E-state index in [0.29, 0.717) is 5.02 Å². The van der Waals surface area contributed by atoms with Crippen LogP contribution >= 0.6 is 11.6 Å². The van der Waals surface area contributed by atoms with Crippen molar-refractivity contribution in [1.29, 1.82) is 0 Å². The molecule has 0 fully saturated rings. The molecule has 0 bridgehead atoms. The van der Waals surface area contributed by atoms with E-state index in [1.165, 1.54) is 0 Å². The SMILES string of the molecule is CCc1nn(-c2ccccc2Cl)c2c1C(CC(=O)O)CCC2. The van der Waals surface area contributed by atoms with E-state index < -0.39 is 5.97 Å². The van der Waals surface area contributed by atoms with Crippen LogP contribution in [-0.2, 0) is 17.6 Å². The number of para-hydroxylation sites is 1. The quantitative estimate of drug-likeness (QED) is 0.927. The first-order chi connectivity index (χ1) is 10.6. The Morgan fingerprint density at radius 3 is 2.91 bits per heavy atom. The van der Waals surface area contributed by atoms with Crippen LogP contribution in [0, 0.1) is 0 Å². The predicted octanol–water partition coefficient (Wildman–Crippen LogP) is 3.98. The highest BCUT2D eigenvalue weighted by atomic mass is 35.5. The second-order valence-corrected chi connectivity index (χ2v) is 6.12. The molecule has 0 saturated heterocycles. The fraction of sp³-hybridized carbons (Fsp3) is 0.412. The van der Waals surface area contributed by atoms with Crippen LogP contribution in [0.4, 0.5) is 0 Å². The normalized spacial score (nSPS) is 17.3. The number of rotatable bonds is 4. The Morgan fingerprint density at radius 2 is 2.23 bits per heavy atom. The first-order valence-corrected chi connectivity index (χ1v) is 8.07. The molecular weight excluding hydrogens is 300 g/mol. The van der Waals surface area contributed by atoms with Crippen LogP contribution in [-0.4, -0.2) is 20.9 Å². The average molecular weight is 319 g/mol. The number of fused-ring (bicyclic) bond motifs is 1. The molecule has 1 unspecified atom stereocenters. The van der Waals surface area contributed by atoms with Crippen molar-refractivity contribution in [3.05, 3.63) is 46.2 Å². The van der Waals surface area contributed by atoms with Gasteiger partial charge in [0.25, 0.3) is 0 Å². The van der Waals surface area contributed by atoms with Gasteiger partial charge in [0.1, 0.15) is 0 Å². The minimum Gasteiger partial charge on any atom is -0.481 e. The van der Waals surface area contributed by atoms with Crippen LogP contribution in [0.15, 0.2) is 24.3 Å². The van der Waals surface area contributed by atoms with Crippen LogP contribution in [0.1, 0.15) is 49.1 Å². The molecular formula is C17H19ClN2O2. The number of aromatic nitrogens is 2. The van der Waals surface area contributed by atoms with Gasteiger partial charge in [-0.05, 0) is 43.7 Å². The highest BCUT2D eigenvalue weighted by Gasteiger charge is 2.30. The minimum atomic E-state index is -0.745. The molecule has 5 heteroatoms. The smallest absolute Gasteiger partial charge is 0.303 e. The van der Waals surface area contributed by atoms with Gasteiger partial charge < -0.3 is 5.11 Å². The summed E-state index contributed by atoms with van der Waals surface area (Å²) in [6, 6.07) is 7.65. The van der Waals surface area contributed by atoms with Crippen molar-refractivity contribution in [3.63, 3.8) is 0 Å². The van der Waals surface area contributed by atoms with E-state index >= 15 is 0 Å². The van der Waals surface area contributed by atoms with Gasteiger partial charge in [-0.3, -0.25) is 4.79 Å². The molecule has 1 atom stereocenters. The summed E-state index contributed by atoms with van der Waals surface area (Å²) in [5.41, 5.74) is 4.13. The summed E-state index contributed by atoms with van der Waals surface area (Å²) >= 11 is 6.32. The number of hydrogen-bond acceptors (Lipinski definition) is 2. The molecule has 0 amide bonds. The van der Waals surface area contributed by atoms with E-state index in [9.17, 15) is 9.90 Å². The Hall–Kier alpha value is -1.81. The molecule has 3 rings (SSSR count). The molecule has 1 N–H and O–H groups in total. The molecule has 116 valence electrons. The molecule has 1 aliphatic rings. The Kier molecular flexibility index (Phi) is 4.21. The van der Waals surface area contributed by atoms with Crippen molar-refractivity contribution in [1.82, 2.24) is 9.78 Å². The van der Waals surface area contributed by atoms with E-state index in [-0.39, 0.29) is 12.3 Å². The predicted molar refractivity (Wildman–Crippen MR) is 85.9 cm³/mol. The van der Waals surface area contributed by atoms with Gasteiger partial charge in [-0.2, -0.15) is 5.10 Å². The van der Waals surface area contributed by atoms with Crippen LogP contribution in [0.3, 0.4) is 0 Å². The number of nitrogens with zero attached hydrogens (tertiary/aromatic N) is 2. The molecule has 1 aromatic heterocycles. The van der Waals surface area contributed by atoms with E-state index in [1.54, 1.807) is 0 Å². The highest BCUT2D eigenvalue weighted by molar-refractivity contribution is 6.32. The maximum Gasteiger partial charge on any atom is 0.303 e. The number of aryl methyl sites for hydroxylation is 1. The molecule has 1 heterocycles. The van der Waals surface area contributed by atoms with Crippen LogP contribution in [0.5, 0.6) is 0 Å². The summed E-state index contributed by atoms with van der Waals surface area (Å²) in [6.45, 7) is 2.06. The topological polar surface area (TPSA) is 55.1 Å². The lowest BCUT2D eigenvalue weighted by Gasteiger charge is -2.23. The molecule has 1 aromatic carbocycles. The second-order valence-electron chi connectivity index (χ2n) is 5.71. The first kappa shape index (κ1) is 15.1. The summed E-state index contributed by atoms with van der Waals surface area (Å²) in [4.78, 5) is 11.2. The maximum atomic E-state index is 11.2. The van der Waals surface area contributed by atoms with Crippen molar-refractivity contribution in [2.75, 3.05) is 0 Å². The fourth-order valence-corrected chi connectivity index (χ4v) is 3.60. The Labute approximate surface area is 134 Å². The number of aliphatic carboxylic acids is 1. The summed E-state index contributed by atoms with van der Waals surface area (Å²) in [7, 11) is 0. The van der Waals surface area contributed by atoms with E-state index in [4.69, 9.17) is 16.7 Å². The van der Waals surface area contributed by atoms with Crippen molar-refractivity contribution >= 4 is 17.6 Å². The standard InChI is InChI=1S/C17H19ClN2O2/c1-2-13-17-11(10-16(21)22)6-5-9-15(17)20(19-13)14-8-4-3-7-12(14)18/h3-4,7-8,11H,2,5-6,9-10H2,1H3,(H,21,22). The molecule has 4 nitrogen and oxygen atoms in total. The number of hydrogen-bond donors (Lipinski definition) is 1. The van der Waals surface area contributed by atoms with Crippen molar-refractivity contribution in [2.45, 2.75) is 44.9 Å². The number of carbonyl (C=O) groups is 1. The van der Waals surface area contributed by atoms with Gasteiger partial charge >= 0.3 is 5.97 Å². The maximum absolute atomic E-state index is 11.2. The van der Waals surface area contributed by atoms with Crippen molar-refractivity contribution in [3.8, 4) is 5.69 Å². The first-order valence-electron chi connectivity index (χ1n) is 7.69. The number of carboxylic acids is 1. The van der Waals surface area contributed by atoms with Crippen molar-refractivity contribution in [2.24, 2.45) is 0 Å². The molecule has 0 spiro atoms. The van der Waals surface area contributed by atoms with Crippen LogP contribution in [0.2, 0.25) is 5.02 Å². The minimum absolute atomic E-state index is 0.0624.